The zero-order chi connectivity index (χ0) is 10.1. The quantitative estimate of drug-likeness (QED) is 0.518. The fourth-order valence-electron chi connectivity index (χ4n) is 1.26. The molecule has 0 saturated heterocycles. The van der Waals surface area contributed by atoms with Crippen LogP contribution in [0.4, 0.5) is 4.11 Å². The van der Waals surface area contributed by atoms with Crippen molar-refractivity contribution >= 4 is 27.6 Å². The predicted octanol–water partition coefficient (Wildman–Crippen LogP) is 1.76. The highest BCUT2D eigenvalue weighted by atomic mass is 28.4. The zero-order valence-electron chi connectivity index (χ0n) is 8.76. The fraction of sp³-hybridized carbons (Fsp3) is 0.400. The van der Waals surface area contributed by atoms with E-state index in [0.717, 1.165) is 5.19 Å². The number of rotatable bonds is 2. The average molecular weight is 212 g/mol. The molecule has 13 heavy (non-hydrogen) atoms. The van der Waals surface area contributed by atoms with E-state index in [9.17, 15) is 4.11 Å². The lowest BCUT2D eigenvalue weighted by atomic mass is 10.4. The molecule has 0 aromatic heterocycles. The Morgan fingerprint density at radius 1 is 1.08 bits per heavy atom. The van der Waals surface area contributed by atoms with Crippen LogP contribution in [-0.4, -0.2) is 17.2 Å². The third-order valence-electron chi connectivity index (χ3n) is 2.26. The highest BCUT2D eigenvalue weighted by Crippen LogP contribution is 2.03. The summed E-state index contributed by atoms with van der Waals surface area (Å²) < 4.78 is 13.6. The molecular weight excluding hydrogens is 195 g/mol. The van der Waals surface area contributed by atoms with Crippen molar-refractivity contribution < 1.29 is 4.11 Å². The Morgan fingerprint density at radius 3 is 1.85 bits per heavy atom. The van der Waals surface area contributed by atoms with Crippen LogP contribution in [-0.2, 0) is 0 Å². The first-order chi connectivity index (χ1) is 5.91. The van der Waals surface area contributed by atoms with Gasteiger partial charge in [-0.15, -0.1) is 0 Å². The SMILES string of the molecule is C[SiH](C)c1ccc([Si](C)(C)F)cc1. The van der Waals surface area contributed by atoms with E-state index in [-0.39, 0.29) is 0 Å². The van der Waals surface area contributed by atoms with Gasteiger partial charge in [-0.25, -0.2) is 0 Å². The summed E-state index contributed by atoms with van der Waals surface area (Å²) in [5, 5.41) is 2.33. The van der Waals surface area contributed by atoms with Gasteiger partial charge in [0.05, 0.1) is 8.80 Å². The molecular formula is C10H17FSi2. The van der Waals surface area contributed by atoms with Crippen molar-refractivity contribution in [1.82, 2.24) is 0 Å². The summed E-state index contributed by atoms with van der Waals surface area (Å²) in [5.41, 5.74) is 0. The highest BCUT2D eigenvalue weighted by Gasteiger charge is 2.22. The van der Waals surface area contributed by atoms with Gasteiger partial charge in [-0.3, -0.25) is 0 Å². The van der Waals surface area contributed by atoms with Crippen LogP contribution in [0.25, 0.3) is 0 Å². The van der Waals surface area contributed by atoms with Crippen molar-refractivity contribution in [3.63, 3.8) is 0 Å². The van der Waals surface area contributed by atoms with Crippen LogP contribution in [0.1, 0.15) is 0 Å². The topological polar surface area (TPSA) is 0 Å². The molecule has 0 unspecified atom stereocenters. The van der Waals surface area contributed by atoms with E-state index < -0.39 is 17.2 Å². The molecule has 1 aromatic carbocycles. The molecule has 0 spiro atoms. The monoisotopic (exact) mass is 212 g/mol. The second kappa shape index (κ2) is 3.76. The van der Waals surface area contributed by atoms with Crippen molar-refractivity contribution in [3.05, 3.63) is 24.3 Å². The summed E-state index contributed by atoms with van der Waals surface area (Å²) >= 11 is 0. The molecule has 0 heterocycles. The number of hydrogen-bond donors (Lipinski definition) is 0. The van der Waals surface area contributed by atoms with Gasteiger partial charge in [0.25, 0.3) is 8.41 Å². The lowest BCUT2D eigenvalue weighted by Gasteiger charge is -2.12. The molecule has 1 rings (SSSR count). The minimum atomic E-state index is -2.58. The minimum absolute atomic E-state index is 0.710. The Morgan fingerprint density at radius 2 is 1.54 bits per heavy atom. The van der Waals surface area contributed by atoms with Crippen LogP contribution >= 0.6 is 0 Å². The first-order valence-electron chi connectivity index (χ1n) is 4.70. The molecule has 0 radical (unpaired) electrons. The molecule has 0 fully saturated rings. The highest BCUT2D eigenvalue weighted by molar-refractivity contribution is 6.84. The van der Waals surface area contributed by atoms with Crippen molar-refractivity contribution in [2.24, 2.45) is 0 Å². The number of halogens is 1. The molecule has 0 nitrogen and oxygen atoms in total. The Kier molecular flexibility index (Phi) is 3.08. The van der Waals surface area contributed by atoms with E-state index in [2.05, 4.69) is 25.2 Å². The summed E-state index contributed by atoms with van der Waals surface area (Å²) in [6.45, 7) is 8.03. The maximum absolute atomic E-state index is 13.6. The van der Waals surface area contributed by atoms with Gasteiger partial charge >= 0.3 is 0 Å². The van der Waals surface area contributed by atoms with Crippen LogP contribution in [0, 0.1) is 0 Å². The van der Waals surface area contributed by atoms with E-state index in [0.29, 0.717) is 0 Å². The smallest absolute Gasteiger partial charge is 0.271 e. The Balaban J connectivity index is 2.94. The summed E-state index contributed by atoms with van der Waals surface area (Å²) in [7, 11) is -3.29. The van der Waals surface area contributed by atoms with Gasteiger partial charge in [-0.2, -0.15) is 0 Å². The van der Waals surface area contributed by atoms with E-state index >= 15 is 0 Å². The van der Waals surface area contributed by atoms with Gasteiger partial charge < -0.3 is 4.11 Å². The largest absolute Gasteiger partial charge is 0.308 e. The lowest BCUT2D eigenvalue weighted by molar-refractivity contribution is 0.822. The first kappa shape index (κ1) is 10.7. The molecule has 0 aliphatic rings. The normalized spacial score (nSPS) is 12.2. The summed E-state index contributed by atoms with van der Waals surface area (Å²) in [6.07, 6.45) is 0. The third-order valence-corrected chi connectivity index (χ3v) is 5.69. The molecule has 1 aromatic rings. The van der Waals surface area contributed by atoms with Crippen molar-refractivity contribution in [2.75, 3.05) is 0 Å². The molecule has 0 aliphatic heterocycles. The average Bonchev–Trinajstić information content (AvgIpc) is 2.03. The van der Waals surface area contributed by atoms with Gasteiger partial charge in [-0.05, 0) is 18.3 Å². The predicted molar refractivity (Wildman–Crippen MR) is 63.2 cm³/mol. The van der Waals surface area contributed by atoms with E-state index in [4.69, 9.17) is 0 Å². The summed E-state index contributed by atoms with van der Waals surface area (Å²) in [6, 6.07) is 8.13. The Labute approximate surface area is 82.6 Å². The maximum atomic E-state index is 13.6. The first-order valence-corrected chi connectivity index (χ1v) is 10.5. The lowest BCUT2D eigenvalue weighted by Crippen LogP contribution is -2.37. The minimum Gasteiger partial charge on any atom is -0.308 e. The standard InChI is InChI=1S/C10H17FSi2/c1-12(2)9-5-7-10(8-6-9)13(3,4)11/h5-8,12H,1-4H3. The number of benzene rings is 1. The molecule has 0 N–H and O–H groups in total. The zero-order valence-corrected chi connectivity index (χ0v) is 10.9. The van der Waals surface area contributed by atoms with Crippen LogP contribution in [0.3, 0.4) is 0 Å². The van der Waals surface area contributed by atoms with Gasteiger partial charge in [0.1, 0.15) is 0 Å². The van der Waals surface area contributed by atoms with Crippen LogP contribution in [0.15, 0.2) is 24.3 Å². The molecule has 72 valence electrons. The molecule has 0 atom stereocenters. The molecule has 0 saturated carbocycles. The second-order valence-corrected chi connectivity index (χ2v) is 10.7. The van der Waals surface area contributed by atoms with Gasteiger partial charge in [0.2, 0.25) is 0 Å². The van der Waals surface area contributed by atoms with Crippen LogP contribution < -0.4 is 10.4 Å². The fourth-order valence-corrected chi connectivity index (χ4v) is 3.19. The van der Waals surface area contributed by atoms with Gasteiger partial charge in [0, 0.05) is 0 Å². The number of hydrogen-bond acceptors (Lipinski definition) is 0. The maximum Gasteiger partial charge on any atom is 0.271 e. The molecule has 0 amide bonds. The van der Waals surface area contributed by atoms with Crippen molar-refractivity contribution in [2.45, 2.75) is 26.2 Å². The molecule has 0 aliphatic carbocycles. The molecule has 3 heteroatoms. The Bertz CT molecular complexity index is 272. The van der Waals surface area contributed by atoms with Crippen molar-refractivity contribution in [1.29, 1.82) is 0 Å². The van der Waals surface area contributed by atoms with E-state index in [1.165, 1.54) is 5.19 Å². The third kappa shape index (κ3) is 2.77. The summed E-state index contributed by atoms with van der Waals surface area (Å²) in [4.78, 5) is 0. The van der Waals surface area contributed by atoms with E-state index in [1.54, 1.807) is 13.1 Å². The molecule has 0 bridgehead atoms. The van der Waals surface area contributed by atoms with Crippen LogP contribution in [0.2, 0.25) is 26.2 Å². The van der Waals surface area contributed by atoms with Gasteiger partial charge in [0.15, 0.2) is 0 Å². The second-order valence-electron chi connectivity index (χ2n) is 4.25. The van der Waals surface area contributed by atoms with Gasteiger partial charge in [-0.1, -0.05) is 42.5 Å². The van der Waals surface area contributed by atoms with Crippen molar-refractivity contribution in [3.8, 4) is 0 Å². The summed E-state index contributed by atoms with van der Waals surface area (Å²) in [5.74, 6) is 0. The Hall–Kier alpha value is -0.416. The van der Waals surface area contributed by atoms with Crippen LogP contribution in [0.5, 0.6) is 0 Å². The van der Waals surface area contributed by atoms with E-state index in [1.807, 2.05) is 12.1 Å².